The fourth-order valence-corrected chi connectivity index (χ4v) is 2.40. The first-order valence-corrected chi connectivity index (χ1v) is 6.83. The third kappa shape index (κ3) is 2.45. The molecule has 0 spiro atoms. The molecule has 1 amide bonds. The van der Waals surface area contributed by atoms with E-state index in [0.717, 1.165) is 11.0 Å². The van der Waals surface area contributed by atoms with Crippen molar-refractivity contribution in [3.63, 3.8) is 0 Å². The quantitative estimate of drug-likeness (QED) is 0.817. The zero-order chi connectivity index (χ0) is 13.4. The maximum Gasteiger partial charge on any atom is 0.293 e. The lowest BCUT2D eigenvalue weighted by Gasteiger charge is -2.30. The van der Waals surface area contributed by atoms with Gasteiger partial charge in [0.25, 0.3) is 11.7 Å². The molecule has 1 fully saturated rings. The van der Waals surface area contributed by atoms with Gasteiger partial charge in [-0.2, -0.15) is 4.98 Å². The van der Waals surface area contributed by atoms with E-state index in [1.165, 1.54) is 4.52 Å². The number of amides is 1. The van der Waals surface area contributed by atoms with Crippen LogP contribution < -0.4 is 5.32 Å². The van der Waals surface area contributed by atoms with Crippen LogP contribution in [0.5, 0.6) is 0 Å². The molecule has 0 radical (unpaired) electrons. The number of carbonyl (C=O) groups is 1. The molecule has 0 saturated carbocycles. The Morgan fingerprint density at radius 2 is 2.42 bits per heavy atom. The number of halogens is 1. The van der Waals surface area contributed by atoms with Crippen molar-refractivity contribution in [1.82, 2.24) is 29.8 Å². The topological polar surface area (TPSA) is 75.4 Å². The number of nitrogens with zero attached hydrogens (tertiary/aromatic N) is 5. The van der Waals surface area contributed by atoms with E-state index in [9.17, 15) is 4.79 Å². The molecule has 1 aliphatic rings. The Morgan fingerprint density at radius 1 is 1.58 bits per heavy atom. The van der Waals surface area contributed by atoms with Gasteiger partial charge in [-0.25, -0.2) is 9.50 Å². The number of hydrogen-bond donors (Lipinski definition) is 1. The summed E-state index contributed by atoms with van der Waals surface area (Å²) in [6.07, 6.45) is 3.36. The number of rotatable bonds is 1. The summed E-state index contributed by atoms with van der Waals surface area (Å²) in [6.45, 7) is 4.20. The average Bonchev–Trinajstić information content (AvgIpc) is 2.80. The number of fused-ring (bicyclic) bond motifs is 1. The molecule has 1 N–H and O–H groups in total. The standard InChI is InChI=1S/C11H13BrN6O/c1-7-5-17(3-2-13-7)10(19)9-15-11-14-4-8(12)6-18(11)16-9/h4,6-7,13H,2-3,5H2,1H3. The summed E-state index contributed by atoms with van der Waals surface area (Å²) in [7, 11) is 0. The molecule has 2 aromatic heterocycles. The van der Waals surface area contributed by atoms with Crippen LogP contribution in [0, 0.1) is 0 Å². The minimum Gasteiger partial charge on any atom is -0.333 e. The van der Waals surface area contributed by atoms with Crippen molar-refractivity contribution in [2.75, 3.05) is 19.6 Å². The summed E-state index contributed by atoms with van der Waals surface area (Å²) < 4.78 is 2.29. The number of aromatic nitrogens is 4. The third-order valence-corrected chi connectivity index (χ3v) is 3.42. The van der Waals surface area contributed by atoms with Crippen LogP contribution in [0.15, 0.2) is 16.9 Å². The van der Waals surface area contributed by atoms with Crippen molar-refractivity contribution in [1.29, 1.82) is 0 Å². The predicted octanol–water partition coefficient (Wildman–Crippen LogP) is 0.321. The van der Waals surface area contributed by atoms with Crippen LogP contribution in [-0.4, -0.2) is 56.1 Å². The molecule has 0 aliphatic carbocycles. The van der Waals surface area contributed by atoms with Crippen LogP contribution in [0.25, 0.3) is 5.78 Å². The van der Waals surface area contributed by atoms with Crippen LogP contribution in [0.2, 0.25) is 0 Å². The van der Waals surface area contributed by atoms with Gasteiger partial charge in [-0.1, -0.05) is 0 Å². The second-order valence-electron chi connectivity index (χ2n) is 4.56. The lowest BCUT2D eigenvalue weighted by atomic mass is 10.2. The van der Waals surface area contributed by atoms with Gasteiger partial charge in [0, 0.05) is 38.1 Å². The molecule has 19 heavy (non-hydrogen) atoms. The zero-order valence-electron chi connectivity index (χ0n) is 10.4. The summed E-state index contributed by atoms with van der Waals surface area (Å²) in [4.78, 5) is 22.4. The molecule has 1 saturated heterocycles. The maximum atomic E-state index is 12.3. The second-order valence-corrected chi connectivity index (χ2v) is 5.47. The Bertz CT molecular complexity index is 627. The van der Waals surface area contributed by atoms with Gasteiger partial charge in [0.15, 0.2) is 0 Å². The zero-order valence-corrected chi connectivity index (χ0v) is 12.0. The Labute approximate surface area is 118 Å². The third-order valence-electron chi connectivity index (χ3n) is 3.01. The van der Waals surface area contributed by atoms with Gasteiger partial charge in [0.2, 0.25) is 5.82 Å². The van der Waals surface area contributed by atoms with Crippen LogP contribution in [0.4, 0.5) is 0 Å². The van der Waals surface area contributed by atoms with E-state index in [1.54, 1.807) is 17.3 Å². The number of piperazine rings is 1. The second kappa shape index (κ2) is 4.86. The molecule has 3 heterocycles. The summed E-state index contributed by atoms with van der Waals surface area (Å²) in [6, 6.07) is 0.294. The lowest BCUT2D eigenvalue weighted by Crippen LogP contribution is -2.51. The highest BCUT2D eigenvalue weighted by Gasteiger charge is 2.24. The number of carbonyl (C=O) groups excluding carboxylic acids is 1. The lowest BCUT2D eigenvalue weighted by molar-refractivity contribution is 0.0697. The summed E-state index contributed by atoms with van der Waals surface area (Å²) in [5.74, 6) is 0.476. The van der Waals surface area contributed by atoms with E-state index in [4.69, 9.17) is 0 Å². The normalized spacial score (nSPS) is 19.9. The molecule has 1 atom stereocenters. The summed E-state index contributed by atoms with van der Waals surface area (Å²) >= 11 is 3.31. The Balaban J connectivity index is 1.88. The van der Waals surface area contributed by atoms with Gasteiger partial charge in [0.05, 0.1) is 4.47 Å². The minimum atomic E-state index is -0.144. The molecular weight excluding hydrogens is 312 g/mol. The van der Waals surface area contributed by atoms with Crippen molar-refractivity contribution >= 4 is 27.6 Å². The molecular formula is C11H13BrN6O. The van der Waals surface area contributed by atoms with E-state index in [1.807, 2.05) is 0 Å². The van der Waals surface area contributed by atoms with Gasteiger partial charge >= 0.3 is 0 Å². The van der Waals surface area contributed by atoms with Gasteiger partial charge < -0.3 is 10.2 Å². The van der Waals surface area contributed by atoms with Gasteiger partial charge in [-0.3, -0.25) is 4.79 Å². The Hall–Kier alpha value is -1.54. The molecule has 1 unspecified atom stereocenters. The first-order chi connectivity index (χ1) is 9.13. The van der Waals surface area contributed by atoms with Gasteiger partial charge in [-0.05, 0) is 22.9 Å². The van der Waals surface area contributed by atoms with Crippen molar-refractivity contribution in [3.05, 3.63) is 22.7 Å². The summed E-state index contributed by atoms with van der Waals surface area (Å²) in [5, 5.41) is 7.47. The van der Waals surface area contributed by atoms with Gasteiger partial charge in [0.1, 0.15) is 0 Å². The van der Waals surface area contributed by atoms with Crippen molar-refractivity contribution < 1.29 is 4.79 Å². The number of hydrogen-bond acceptors (Lipinski definition) is 5. The van der Waals surface area contributed by atoms with Crippen molar-refractivity contribution in [2.24, 2.45) is 0 Å². The highest BCUT2D eigenvalue weighted by Crippen LogP contribution is 2.09. The molecule has 0 aromatic carbocycles. The highest BCUT2D eigenvalue weighted by molar-refractivity contribution is 9.10. The fraction of sp³-hybridized carbons (Fsp3) is 0.455. The Morgan fingerprint density at radius 3 is 3.21 bits per heavy atom. The summed E-state index contributed by atoms with van der Waals surface area (Å²) in [5.41, 5.74) is 0. The maximum absolute atomic E-state index is 12.3. The van der Waals surface area contributed by atoms with Crippen LogP contribution in [0.3, 0.4) is 0 Å². The smallest absolute Gasteiger partial charge is 0.293 e. The number of nitrogens with one attached hydrogen (secondary N) is 1. The molecule has 100 valence electrons. The average molecular weight is 325 g/mol. The van der Waals surface area contributed by atoms with Crippen LogP contribution in [0.1, 0.15) is 17.5 Å². The highest BCUT2D eigenvalue weighted by atomic mass is 79.9. The molecule has 8 heteroatoms. The SMILES string of the molecule is CC1CN(C(=O)c2nc3ncc(Br)cn3n2)CCN1. The van der Waals surface area contributed by atoms with E-state index in [0.29, 0.717) is 24.9 Å². The monoisotopic (exact) mass is 324 g/mol. The van der Waals surface area contributed by atoms with Crippen molar-refractivity contribution in [2.45, 2.75) is 13.0 Å². The fourth-order valence-electron chi connectivity index (χ4n) is 2.11. The Kier molecular flexibility index (Phi) is 3.19. The molecule has 1 aliphatic heterocycles. The predicted molar refractivity (Wildman–Crippen MR) is 71.9 cm³/mol. The van der Waals surface area contributed by atoms with E-state index in [-0.39, 0.29) is 11.7 Å². The molecule has 0 bridgehead atoms. The minimum absolute atomic E-state index is 0.144. The largest absolute Gasteiger partial charge is 0.333 e. The van der Waals surface area contributed by atoms with E-state index < -0.39 is 0 Å². The van der Waals surface area contributed by atoms with Crippen molar-refractivity contribution in [3.8, 4) is 0 Å². The first-order valence-electron chi connectivity index (χ1n) is 6.04. The molecule has 7 nitrogen and oxygen atoms in total. The molecule has 3 rings (SSSR count). The van der Waals surface area contributed by atoms with Crippen LogP contribution in [-0.2, 0) is 0 Å². The molecule has 2 aromatic rings. The van der Waals surface area contributed by atoms with E-state index in [2.05, 4.69) is 43.2 Å². The van der Waals surface area contributed by atoms with Crippen LogP contribution >= 0.6 is 15.9 Å². The van der Waals surface area contributed by atoms with Gasteiger partial charge in [-0.15, -0.1) is 5.10 Å². The van der Waals surface area contributed by atoms with E-state index >= 15 is 0 Å². The first kappa shape index (κ1) is 12.5.